The van der Waals surface area contributed by atoms with E-state index in [9.17, 15) is 9.90 Å². The van der Waals surface area contributed by atoms with Gasteiger partial charge < -0.3 is 20.1 Å². The van der Waals surface area contributed by atoms with Crippen LogP contribution >= 0.6 is 23.2 Å². The molecule has 0 fully saturated rings. The fourth-order valence-corrected chi connectivity index (χ4v) is 4.73. The first-order chi connectivity index (χ1) is 16.6. The quantitative estimate of drug-likeness (QED) is 0.212. The molecule has 0 amide bonds. The highest BCUT2D eigenvalue weighted by molar-refractivity contribution is 6.39. The van der Waals surface area contributed by atoms with E-state index in [2.05, 4.69) is 10.2 Å². The number of carbonyl (C=O) groups excluding carboxylic acids is 1. The Bertz CT molecular complexity index is 1150. The minimum atomic E-state index is -1.03. The van der Waals surface area contributed by atoms with Crippen LogP contribution in [-0.2, 0) is 16.8 Å². The number of esters is 1. The number of carbonyl (C=O) groups is 1. The third-order valence-corrected chi connectivity index (χ3v) is 6.76. The lowest BCUT2D eigenvalue weighted by molar-refractivity contribution is -0.133. The minimum Gasteiger partial charge on any atom is -0.426 e. The summed E-state index contributed by atoms with van der Waals surface area (Å²) in [6.07, 6.45) is 0.591. The molecule has 3 aromatic carbocycles. The number of halogens is 2. The number of aliphatic hydroxyl groups is 1. The van der Waals surface area contributed by atoms with E-state index in [1.165, 1.54) is 0 Å². The number of anilines is 2. The van der Waals surface area contributed by atoms with Gasteiger partial charge in [0.15, 0.2) is 0 Å². The van der Waals surface area contributed by atoms with Crippen molar-refractivity contribution < 1.29 is 14.6 Å². The van der Waals surface area contributed by atoms with Gasteiger partial charge in [-0.1, -0.05) is 80.9 Å². The molecule has 0 saturated carbocycles. The molecule has 36 heavy (non-hydrogen) atoms. The molecule has 0 spiro atoms. The number of hydrogen-bond acceptors (Lipinski definition) is 5. The van der Waals surface area contributed by atoms with Crippen LogP contribution in [0, 0.1) is 5.92 Å². The SMILES string of the molecule is C.CC[C@](O)(c1cccc(OC(=O)Cc2ccccc2Nc2c(Cl)cccc2Cl)c1)[C@H](C)CN(C)C. The lowest BCUT2D eigenvalue weighted by Crippen LogP contribution is -2.38. The molecular weight excluding hydrogens is 495 g/mol. The monoisotopic (exact) mass is 530 g/mol. The number of nitrogens with zero attached hydrogens (tertiary/aromatic N) is 1. The van der Waals surface area contributed by atoms with Gasteiger partial charge in [-0.05, 0) is 62.0 Å². The minimum absolute atomic E-state index is 0. The highest BCUT2D eigenvalue weighted by Crippen LogP contribution is 2.36. The Labute approximate surface area is 225 Å². The second kappa shape index (κ2) is 13.1. The summed E-state index contributed by atoms with van der Waals surface area (Å²) in [6, 6.07) is 19.8. The second-order valence-corrected chi connectivity index (χ2v) is 9.81. The average molecular weight is 532 g/mol. The lowest BCUT2D eigenvalue weighted by Gasteiger charge is -2.35. The molecule has 2 atom stereocenters. The molecule has 0 aliphatic heterocycles. The topological polar surface area (TPSA) is 61.8 Å². The predicted molar refractivity (Wildman–Crippen MR) is 151 cm³/mol. The molecule has 2 N–H and O–H groups in total. The Morgan fingerprint density at radius 3 is 2.33 bits per heavy atom. The van der Waals surface area contributed by atoms with E-state index in [0.717, 1.165) is 17.7 Å². The third-order valence-electron chi connectivity index (χ3n) is 6.13. The average Bonchev–Trinajstić information content (AvgIpc) is 2.81. The van der Waals surface area contributed by atoms with Gasteiger partial charge >= 0.3 is 5.97 Å². The van der Waals surface area contributed by atoms with Crippen LogP contribution in [0.2, 0.25) is 10.0 Å². The van der Waals surface area contributed by atoms with Crippen LogP contribution < -0.4 is 10.1 Å². The molecule has 0 aromatic heterocycles. The molecule has 0 aliphatic rings. The first-order valence-electron chi connectivity index (χ1n) is 11.6. The summed E-state index contributed by atoms with van der Waals surface area (Å²) in [6.45, 7) is 4.71. The van der Waals surface area contributed by atoms with Crippen molar-refractivity contribution in [3.05, 3.63) is 87.9 Å². The van der Waals surface area contributed by atoms with Crippen molar-refractivity contribution in [3.63, 3.8) is 0 Å². The van der Waals surface area contributed by atoms with Crippen LogP contribution in [0.15, 0.2) is 66.7 Å². The number of nitrogens with one attached hydrogen (secondary N) is 1. The molecule has 3 aromatic rings. The van der Waals surface area contributed by atoms with E-state index in [1.54, 1.807) is 36.4 Å². The Morgan fingerprint density at radius 2 is 1.69 bits per heavy atom. The van der Waals surface area contributed by atoms with Crippen molar-refractivity contribution in [2.75, 3.05) is 26.0 Å². The molecule has 7 heteroatoms. The normalized spacial score (nSPS) is 13.4. The Morgan fingerprint density at radius 1 is 1.06 bits per heavy atom. The highest BCUT2D eigenvalue weighted by Gasteiger charge is 2.34. The maximum atomic E-state index is 12.9. The van der Waals surface area contributed by atoms with Crippen molar-refractivity contribution in [1.82, 2.24) is 4.90 Å². The van der Waals surface area contributed by atoms with Crippen LogP contribution in [0.1, 0.15) is 38.8 Å². The number of para-hydroxylation sites is 2. The van der Waals surface area contributed by atoms with Crippen LogP contribution in [-0.4, -0.2) is 36.6 Å². The molecule has 5 nitrogen and oxygen atoms in total. The van der Waals surface area contributed by atoms with E-state index in [4.69, 9.17) is 27.9 Å². The van der Waals surface area contributed by atoms with Crippen molar-refractivity contribution in [3.8, 4) is 5.75 Å². The molecule has 3 rings (SSSR count). The zero-order valence-electron chi connectivity index (χ0n) is 20.5. The van der Waals surface area contributed by atoms with Gasteiger partial charge in [-0.3, -0.25) is 4.79 Å². The Kier molecular flexibility index (Phi) is 10.8. The van der Waals surface area contributed by atoms with Gasteiger partial charge in [0, 0.05) is 18.2 Å². The summed E-state index contributed by atoms with van der Waals surface area (Å²) < 4.78 is 5.67. The number of hydrogen-bond donors (Lipinski definition) is 2. The van der Waals surface area contributed by atoms with Gasteiger partial charge in [0.05, 0.1) is 27.8 Å². The van der Waals surface area contributed by atoms with Crippen LogP contribution in [0.5, 0.6) is 5.75 Å². The van der Waals surface area contributed by atoms with Crippen LogP contribution in [0.4, 0.5) is 11.4 Å². The summed E-state index contributed by atoms with van der Waals surface area (Å²) in [5, 5.41) is 15.6. The smallest absolute Gasteiger partial charge is 0.315 e. The van der Waals surface area contributed by atoms with Crippen molar-refractivity contribution in [2.24, 2.45) is 5.92 Å². The van der Waals surface area contributed by atoms with Gasteiger partial charge in [-0.15, -0.1) is 0 Å². The summed E-state index contributed by atoms with van der Waals surface area (Å²) >= 11 is 12.6. The molecule has 0 radical (unpaired) electrons. The van der Waals surface area contributed by atoms with Crippen LogP contribution in [0.3, 0.4) is 0 Å². The Balaban J connectivity index is 0.00000456. The lowest BCUT2D eigenvalue weighted by atomic mass is 9.80. The molecule has 0 unspecified atom stereocenters. The van der Waals surface area contributed by atoms with Crippen LogP contribution in [0.25, 0.3) is 0 Å². The fraction of sp³-hybridized carbons (Fsp3) is 0.345. The second-order valence-electron chi connectivity index (χ2n) is 9.00. The van der Waals surface area contributed by atoms with Crippen molar-refractivity contribution in [1.29, 1.82) is 0 Å². The van der Waals surface area contributed by atoms with E-state index >= 15 is 0 Å². The Hall–Kier alpha value is -2.57. The summed E-state index contributed by atoms with van der Waals surface area (Å²) in [5.74, 6) is -0.0258. The molecule has 0 saturated heterocycles. The number of rotatable bonds is 10. The van der Waals surface area contributed by atoms with Gasteiger partial charge in [0.1, 0.15) is 5.75 Å². The van der Waals surface area contributed by atoms with Gasteiger partial charge in [0.2, 0.25) is 0 Å². The van der Waals surface area contributed by atoms with E-state index in [1.807, 2.05) is 58.3 Å². The molecule has 0 aliphatic carbocycles. The van der Waals surface area contributed by atoms with E-state index < -0.39 is 11.6 Å². The van der Waals surface area contributed by atoms with Crippen molar-refractivity contribution >= 4 is 40.5 Å². The van der Waals surface area contributed by atoms with Gasteiger partial charge in [-0.25, -0.2) is 0 Å². The summed E-state index contributed by atoms with van der Waals surface area (Å²) in [7, 11) is 3.97. The zero-order chi connectivity index (χ0) is 25.6. The first kappa shape index (κ1) is 29.7. The number of ether oxygens (including phenoxy) is 1. The molecule has 194 valence electrons. The highest BCUT2D eigenvalue weighted by atomic mass is 35.5. The maximum Gasteiger partial charge on any atom is 0.315 e. The van der Waals surface area contributed by atoms with Crippen molar-refractivity contribution in [2.45, 2.75) is 39.7 Å². The molecule has 0 heterocycles. The predicted octanol–water partition coefficient (Wildman–Crippen LogP) is 7.32. The van der Waals surface area contributed by atoms with Gasteiger partial charge in [0.25, 0.3) is 0 Å². The molecule has 0 bridgehead atoms. The number of benzene rings is 3. The molecular formula is C29H36Cl2N2O3. The first-order valence-corrected chi connectivity index (χ1v) is 12.4. The largest absolute Gasteiger partial charge is 0.426 e. The van der Waals surface area contributed by atoms with E-state index in [0.29, 0.717) is 33.6 Å². The summed E-state index contributed by atoms with van der Waals surface area (Å²) in [5.41, 5.74) is 1.74. The third kappa shape index (κ3) is 7.23. The summed E-state index contributed by atoms with van der Waals surface area (Å²) in [4.78, 5) is 14.9. The van der Waals surface area contributed by atoms with Gasteiger partial charge in [-0.2, -0.15) is 0 Å². The standard InChI is InChI=1S/C28H32Cl2N2O3.CH4/c1-5-28(34,19(2)18-32(3)4)21-11-8-12-22(17-21)35-26(33)16-20-10-6-7-15-25(20)31-27-23(29)13-9-14-24(27)30;/h6-15,17,19,31,34H,5,16,18H2,1-4H3;1H4/t19-,28-;/m1./s1. The zero-order valence-corrected chi connectivity index (χ0v) is 22.0. The maximum absolute atomic E-state index is 12.9. The van der Waals surface area contributed by atoms with E-state index in [-0.39, 0.29) is 19.8 Å². The fourth-order valence-electron chi connectivity index (χ4n) is 4.24.